The highest BCUT2D eigenvalue weighted by Gasteiger charge is 2.13. The van der Waals surface area contributed by atoms with E-state index in [-0.39, 0.29) is 12.2 Å². The molecule has 0 aromatic heterocycles. The maximum atomic E-state index is 10.6. The van der Waals surface area contributed by atoms with Gasteiger partial charge >= 0.3 is 5.97 Å². The number of carboxylic acids is 1. The van der Waals surface area contributed by atoms with Crippen molar-refractivity contribution in [3.63, 3.8) is 0 Å². The molecule has 0 aliphatic heterocycles. The molecule has 0 amide bonds. The smallest absolute Gasteiger partial charge is 0.303 e. The van der Waals surface area contributed by atoms with E-state index in [2.05, 4.69) is 13.2 Å². The predicted molar refractivity (Wildman–Crippen MR) is 108 cm³/mol. The zero-order valence-corrected chi connectivity index (χ0v) is 15.5. The van der Waals surface area contributed by atoms with E-state index in [4.69, 9.17) is 9.84 Å². The lowest BCUT2D eigenvalue weighted by Crippen LogP contribution is -2.02. The van der Waals surface area contributed by atoms with E-state index >= 15 is 0 Å². The van der Waals surface area contributed by atoms with E-state index in [1.807, 2.05) is 42.5 Å². The first-order chi connectivity index (χ1) is 13.0. The predicted octanol–water partition coefficient (Wildman–Crippen LogP) is 5.15. The van der Waals surface area contributed by atoms with Crippen LogP contribution < -0.4 is 4.74 Å². The van der Waals surface area contributed by atoms with E-state index in [0.717, 1.165) is 23.1 Å². The zero-order chi connectivity index (χ0) is 19.6. The van der Waals surface area contributed by atoms with Crippen LogP contribution >= 0.6 is 0 Å². The number of phenolic OH excluding ortho intramolecular Hbond substituents is 1. The van der Waals surface area contributed by atoms with E-state index < -0.39 is 5.97 Å². The first kappa shape index (κ1) is 20.3. The molecule has 0 fully saturated rings. The number of hydrogen-bond donors (Lipinski definition) is 2. The number of allylic oxidation sites excluding steroid dienone is 2. The van der Waals surface area contributed by atoms with Crippen molar-refractivity contribution in [2.24, 2.45) is 0 Å². The van der Waals surface area contributed by atoms with Crippen LogP contribution in [0.25, 0.3) is 11.1 Å². The Morgan fingerprint density at radius 1 is 0.963 bits per heavy atom. The molecule has 0 unspecified atom stereocenters. The van der Waals surface area contributed by atoms with Crippen molar-refractivity contribution in [2.45, 2.75) is 32.1 Å². The number of rotatable bonds is 11. The number of aromatic hydroxyl groups is 1. The number of ether oxygens (including phenoxy) is 1. The van der Waals surface area contributed by atoms with Gasteiger partial charge in [0, 0.05) is 17.5 Å². The molecule has 27 heavy (non-hydrogen) atoms. The number of hydrogen-bond acceptors (Lipinski definition) is 3. The van der Waals surface area contributed by atoms with E-state index in [1.54, 1.807) is 6.07 Å². The molecule has 0 spiro atoms. The molecule has 142 valence electrons. The van der Waals surface area contributed by atoms with Gasteiger partial charge in [-0.15, -0.1) is 13.2 Å². The molecule has 4 nitrogen and oxygen atoms in total. The van der Waals surface area contributed by atoms with E-state index in [0.29, 0.717) is 37.2 Å². The third-order valence-electron chi connectivity index (χ3n) is 4.20. The highest BCUT2D eigenvalue weighted by Crippen LogP contribution is 2.37. The highest BCUT2D eigenvalue weighted by molar-refractivity contribution is 5.77. The molecule has 2 aromatic rings. The van der Waals surface area contributed by atoms with Gasteiger partial charge in [0.1, 0.15) is 11.5 Å². The Labute approximate surface area is 160 Å². The summed E-state index contributed by atoms with van der Waals surface area (Å²) >= 11 is 0. The standard InChI is InChI=1S/C23H26O4/c1-3-7-17-10-12-21(24)19(15-17)20-16-18(8-4-2)11-13-22(20)27-14-6-5-9-23(25)26/h3-4,10-13,15-16,24H,1-2,5-9,14H2,(H,25,26). The summed E-state index contributed by atoms with van der Waals surface area (Å²) in [7, 11) is 0. The lowest BCUT2D eigenvalue weighted by molar-refractivity contribution is -0.137. The Hall–Kier alpha value is -3.01. The molecule has 0 atom stereocenters. The van der Waals surface area contributed by atoms with Gasteiger partial charge < -0.3 is 14.9 Å². The number of carboxylic acid groups (broad SMARTS) is 1. The van der Waals surface area contributed by atoms with Gasteiger partial charge in [0.2, 0.25) is 0 Å². The first-order valence-corrected chi connectivity index (χ1v) is 9.06. The van der Waals surface area contributed by atoms with Gasteiger partial charge in [-0.05, 0) is 61.1 Å². The average Bonchev–Trinajstić information content (AvgIpc) is 2.64. The zero-order valence-electron chi connectivity index (χ0n) is 15.5. The van der Waals surface area contributed by atoms with Crippen LogP contribution in [0.5, 0.6) is 11.5 Å². The molecule has 0 aliphatic rings. The monoisotopic (exact) mass is 366 g/mol. The lowest BCUT2D eigenvalue weighted by atomic mass is 9.97. The maximum absolute atomic E-state index is 10.6. The Balaban J connectivity index is 2.30. The Morgan fingerprint density at radius 3 is 2.22 bits per heavy atom. The number of carbonyl (C=O) groups is 1. The molecule has 2 aromatic carbocycles. The first-order valence-electron chi connectivity index (χ1n) is 9.06. The van der Waals surface area contributed by atoms with Crippen molar-refractivity contribution in [3.05, 3.63) is 72.8 Å². The van der Waals surface area contributed by atoms with Crippen molar-refractivity contribution < 1.29 is 19.7 Å². The number of phenols is 1. The van der Waals surface area contributed by atoms with Gasteiger partial charge in [0.05, 0.1) is 6.61 Å². The van der Waals surface area contributed by atoms with Crippen LogP contribution in [0.2, 0.25) is 0 Å². The van der Waals surface area contributed by atoms with Gasteiger partial charge in [-0.2, -0.15) is 0 Å². The SMILES string of the molecule is C=CCc1ccc(O)c(-c2cc(CC=C)ccc2OCCCCC(=O)O)c1. The minimum absolute atomic E-state index is 0.138. The minimum Gasteiger partial charge on any atom is -0.507 e. The second-order valence-corrected chi connectivity index (χ2v) is 6.37. The number of unbranched alkanes of at least 4 members (excludes halogenated alkanes) is 1. The molecule has 4 heteroatoms. The van der Waals surface area contributed by atoms with Crippen molar-refractivity contribution in [3.8, 4) is 22.6 Å². The molecule has 0 saturated heterocycles. The second kappa shape index (κ2) is 10.2. The van der Waals surface area contributed by atoms with Gasteiger partial charge in [-0.3, -0.25) is 4.79 Å². The third kappa shape index (κ3) is 6.03. The van der Waals surface area contributed by atoms with E-state index in [1.165, 1.54) is 0 Å². The largest absolute Gasteiger partial charge is 0.507 e. The average molecular weight is 366 g/mol. The van der Waals surface area contributed by atoms with Crippen molar-refractivity contribution in [1.82, 2.24) is 0 Å². The number of aliphatic carboxylic acids is 1. The summed E-state index contributed by atoms with van der Waals surface area (Å²) in [6.07, 6.45) is 6.45. The fourth-order valence-corrected chi connectivity index (χ4v) is 2.86. The van der Waals surface area contributed by atoms with Crippen LogP contribution in [0.1, 0.15) is 30.4 Å². The fourth-order valence-electron chi connectivity index (χ4n) is 2.86. The third-order valence-corrected chi connectivity index (χ3v) is 4.20. The topological polar surface area (TPSA) is 66.8 Å². The summed E-state index contributed by atoms with van der Waals surface area (Å²) in [5.41, 5.74) is 3.66. The molecule has 2 rings (SSSR count). The van der Waals surface area contributed by atoms with Crippen molar-refractivity contribution in [1.29, 1.82) is 0 Å². The normalized spacial score (nSPS) is 10.4. The van der Waals surface area contributed by atoms with Gasteiger partial charge in [0.15, 0.2) is 0 Å². The van der Waals surface area contributed by atoms with Crippen LogP contribution in [0.4, 0.5) is 0 Å². The van der Waals surface area contributed by atoms with Crippen LogP contribution in [0.3, 0.4) is 0 Å². The van der Waals surface area contributed by atoms with Gasteiger partial charge in [-0.25, -0.2) is 0 Å². The van der Waals surface area contributed by atoms with Gasteiger partial charge in [0.25, 0.3) is 0 Å². The summed E-state index contributed by atoms with van der Waals surface area (Å²) < 4.78 is 5.91. The molecular formula is C23H26O4. The van der Waals surface area contributed by atoms with Crippen molar-refractivity contribution >= 4 is 5.97 Å². The second-order valence-electron chi connectivity index (χ2n) is 6.37. The highest BCUT2D eigenvalue weighted by atomic mass is 16.5. The summed E-state index contributed by atoms with van der Waals surface area (Å²) in [5.74, 6) is 0.0619. The molecule has 0 radical (unpaired) electrons. The quantitative estimate of drug-likeness (QED) is 0.426. The molecule has 2 N–H and O–H groups in total. The van der Waals surface area contributed by atoms with Crippen molar-refractivity contribution in [2.75, 3.05) is 6.61 Å². The molecule has 0 aliphatic carbocycles. The Kier molecular flexibility index (Phi) is 7.68. The maximum Gasteiger partial charge on any atom is 0.303 e. The van der Waals surface area contributed by atoms with E-state index in [9.17, 15) is 9.90 Å². The molecule has 0 bridgehead atoms. The molecule has 0 saturated carbocycles. The molecular weight excluding hydrogens is 340 g/mol. The minimum atomic E-state index is -0.798. The number of benzene rings is 2. The van der Waals surface area contributed by atoms with Crippen LogP contribution in [-0.4, -0.2) is 22.8 Å². The summed E-state index contributed by atoms with van der Waals surface area (Å²) in [6.45, 7) is 7.97. The van der Waals surface area contributed by atoms with Gasteiger partial charge in [-0.1, -0.05) is 24.3 Å². The Morgan fingerprint density at radius 2 is 1.59 bits per heavy atom. The van der Waals surface area contributed by atoms with Crippen LogP contribution in [0, 0.1) is 0 Å². The Bertz CT molecular complexity index is 808. The summed E-state index contributed by atoms with van der Waals surface area (Å²) in [4.78, 5) is 10.6. The lowest BCUT2D eigenvalue weighted by Gasteiger charge is -2.15. The summed E-state index contributed by atoms with van der Waals surface area (Å²) in [6, 6.07) is 11.4. The summed E-state index contributed by atoms with van der Waals surface area (Å²) in [5, 5.41) is 19.1. The van der Waals surface area contributed by atoms with Crippen LogP contribution in [0.15, 0.2) is 61.7 Å². The fraction of sp³-hybridized carbons (Fsp3) is 0.261. The van der Waals surface area contributed by atoms with Crippen LogP contribution in [-0.2, 0) is 17.6 Å². The molecule has 0 heterocycles.